The number of para-hydroxylation sites is 2. The first-order valence-corrected chi connectivity index (χ1v) is 14.3. The van der Waals surface area contributed by atoms with Gasteiger partial charge >= 0.3 is 0 Å². The molecular formula is C25H33Cl2N3O5S. The molecule has 0 spiro atoms. The van der Waals surface area contributed by atoms with Gasteiger partial charge < -0.3 is 15.0 Å². The van der Waals surface area contributed by atoms with Crippen LogP contribution in [0.25, 0.3) is 0 Å². The van der Waals surface area contributed by atoms with E-state index in [0.717, 1.165) is 6.26 Å². The third-order valence-corrected chi connectivity index (χ3v) is 7.37. The van der Waals surface area contributed by atoms with Gasteiger partial charge in [0.1, 0.15) is 11.8 Å². The number of hydrogen-bond acceptors (Lipinski definition) is 5. The van der Waals surface area contributed by atoms with E-state index in [1.165, 1.54) is 16.3 Å². The minimum Gasteiger partial charge on any atom is -0.495 e. The molecular weight excluding hydrogens is 525 g/mol. The van der Waals surface area contributed by atoms with E-state index in [4.69, 9.17) is 27.9 Å². The highest BCUT2D eigenvalue weighted by Crippen LogP contribution is 2.30. The number of halogens is 2. The molecule has 0 radical (unpaired) electrons. The SMILES string of the molecule is CCNC(=O)[C@@H](CC)N(Cc1ccc(Cl)cc1Cl)C(=O)CCCN(c1ccccc1OC)S(C)(=O)=O. The number of nitrogens with zero attached hydrogens (tertiary/aromatic N) is 2. The monoisotopic (exact) mass is 557 g/mol. The number of rotatable bonds is 13. The lowest BCUT2D eigenvalue weighted by Gasteiger charge is -2.31. The molecule has 2 aromatic rings. The minimum absolute atomic E-state index is 0.0300. The number of carbonyl (C=O) groups is 2. The van der Waals surface area contributed by atoms with Crippen LogP contribution in [0.5, 0.6) is 5.75 Å². The molecule has 1 atom stereocenters. The van der Waals surface area contributed by atoms with Gasteiger partial charge in [-0.25, -0.2) is 8.42 Å². The Labute approximate surface area is 223 Å². The summed E-state index contributed by atoms with van der Waals surface area (Å²) in [6.45, 7) is 4.26. The number of methoxy groups -OCH3 is 1. The average molecular weight is 559 g/mol. The van der Waals surface area contributed by atoms with Crippen molar-refractivity contribution in [1.29, 1.82) is 0 Å². The van der Waals surface area contributed by atoms with Crippen LogP contribution in [0.4, 0.5) is 5.69 Å². The largest absolute Gasteiger partial charge is 0.495 e. The van der Waals surface area contributed by atoms with Crippen molar-refractivity contribution in [3.63, 3.8) is 0 Å². The Bertz CT molecular complexity index is 1160. The summed E-state index contributed by atoms with van der Waals surface area (Å²) in [5.74, 6) is -0.131. The van der Waals surface area contributed by atoms with Gasteiger partial charge in [0.15, 0.2) is 0 Å². The molecule has 2 aromatic carbocycles. The van der Waals surface area contributed by atoms with Crippen molar-refractivity contribution < 1.29 is 22.7 Å². The second-order valence-corrected chi connectivity index (χ2v) is 10.9. The second kappa shape index (κ2) is 13.7. The van der Waals surface area contributed by atoms with Gasteiger partial charge in [0, 0.05) is 36.1 Å². The van der Waals surface area contributed by atoms with Crippen molar-refractivity contribution >= 4 is 50.7 Å². The van der Waals surface area contributed by atoms with Gasteiger partial charge in [0.05, 0.1) is 19.1 Å². The van der Waals surface area contributed by atoms with Crippen LogP contribution < -0.4 is 14.4 Å². The Morgan fingerprint density at radius 3 is 2.39 bits per heavy atom. The van der Waals surface area contributed by atoms with Crippen LogP contribution in [0, 0.1) is 0 Å². The van der Waals surface area contributed by atoms with Crippen LogP contribution >= 0.6 is 23.2 Å². The number of benzene rings is 2. The summed E-state index contributed by atoms with van der Waals surface area (Å²) in [4.78, 5) is 27.7. The van der Waals surface area contributed by atoms with Crippen LogP contribution in [0.2, 0.25) is 10.0 Å². The summed E-state index contributed by atoms with van der Waals surface area (Å²) in [7, 11) is -2.17. The molecule has 0 aromatic heterocycles. The first-order chi connectivity index (χ1) is 17.0. The van der Waals surface area contributed by atoms with Crippen LogP contribution in [-0.4, -0.2) is 57.6 Å². The average Bonchev–Trinajstić information content (AvgIpc) is 2.82. The second-order valence-electron chi connectivity index (χ2n) is 8.19. The lowest BCUT2D eigenvalue weighted by molar-refractivity contribution is -0.141. The molecule has 2 rings (SSSR count). The summed E-state index contributed by atoms with van der Waals surface area (Å²) < 4.78 is 31.6. The number of anilines is 1. The van der Waals surface area contributed by atoms with Crippen LogP contribution in [0.1, 0.15) is 38.7 Å². The molecule has 0 saturated heterocycles. The van der Waals surface area contributed by atoms with E-state index in [0.29, 0.717) is 40.0 Å². The molecule has 36 heavy (non-hydrogen) atoms. The fourth-order valence-corrected chi connectivity index (χ4v) is 5.30. The molecule has 0 saturated carbocycles. The molecule has 0 unspecified atom stereocenters. The molecule has 0 aliphatic carbocycles. The zero-order valence-electron chi connectivity index (χ0n) is 21.0. The molecule has 198 valence electrons. The van der Waals surface area contributed by atoms with Crippen molar-refractivity contribution in [2.45, 2.75) is 45.7 Å². The lowest BCUT2D eigenvalue weighted by atomic mass is 10.1. The molecule has 0 heterocycles. The number of likely N-dealkylation sites (N-methyl/N-ethyl adjacent to an activating group) is 1. The molecule has 8 nitrogen and oxygen atoms in total. The van der Waals surface area contributed by atoms with E-state index in [1.807, 2.05) is 13.8 Å². The Morgan fingerprint density at radius 1 is 1.11 bits per heavy atom. The highest BCUT2D eigenvalue weighted by Gasteiger charge is 2.29. The number of ether oxygens (including phenoxy) is 1. The highest BCUT2D eigenvalue weighted by atomic mass is 35.5. The third kappa shape index (κ3) is 8.01. The smallest absolute Gasteiger partial charge is 0.242 e. The maximum Gasteiger partial charge on any atom is 0.242 e. The van der Waals surface area contributed by atoms with E-state index < -0.39 is 16.1 Å². The van der Waals surface area contributed by atoms with Crippen molar-refractivity contribution in [3.8, 4) is 5.75 Å². The zero-order chi connectivity index (χ0) is 26.9. The van der Waals surface area contributed by atoms with Gasteiger partial charge in [0.25, 0.3) is 0 Å². The van der Waals surface area contributed by atoms with Gasteiger partial charge in [-0.15, -0.1) is 0 Å². The predicted molar refractivity (Wildman–Crippen MR) is 144 cm³/mol. The van der Waals surface area contributed by atoms with E-state index >= 15 is 0 Å². The van der Waals surface area contributed by atoms with Gasteiger partial charge in [-0.2, -0.15) is 0 Å². The Morgan fingerprint density at radius 2 is 1.81 bits per heavy atom. The number of sulfonamides is 1. The Kier molecular flexibility index (Phi) is 11.3. The first kappa shape index (κ1) is 29.7. The number of nitrogens with one attached hydrogen (secondary N) is 1. The first-order valence-electron chi connectivity index (χ1n) is 11.6. The predicted octanol–water partition coefficient (Wildman–Crippen LogP) is 4.49. The summed E-state index contributed by atoms with van der Waals surface area (Å²) in [6.07, 6.45) is 1.78. The molecule has 0 fully saturated rings. The van der Waals surface area contributed by atoms with Crippen molar-refractivity contribution in [1.82, 2.24) is 10.2 Å². The Balaban J connectivity index is 2.26. The molecule has 0 aliphatic rings. The maximum atomic E-state index is 13.4. The van der Waals surface area contributed by atoms with Gasteiger partial charge in [-0.05, 0) is 49.6 Å². The summed E-state index contributed by atoms with van der Waals surface area (Å²) in [6, 6.07) is 11.1. The van der Waals surface area contributed by atoms with Gasteiger partial charge in [-0.1, -0.05) is 48.3 Å². The van der Waals surface area contributed by atoms with Crippen LogP contribution in [0.15, 0.2) is 42.5 Å². The summed E-state index contributed by atoms with van der Waals surface area (Å²) >= 11 is 12.4. The normalized spacial score (nSPS) is 12.1. The van der Waals surface area contributed by atoms with E-state index in [-0.39, 0.29) is 37.7 Å². The number of hydrogen-bond donors (Lipinski definition) is 1. The van der Waals surface area contributed by atoms with Crippen LogP contribution in [0.3, 0.4) is 0 Å². The molecule has 0 bridgehead atoms. The van der Waals surface area contributed by atoms with Crippen LogP contribution in [-0.2, 0) is 26.2 Å². The maximum absolute atomic E-state index is 13.4. The highest BCUT2D eigenvalue weighted by molar-refractivity contribution is 7.92. The van der Waals surface area contributed by atoms with Crippen molar-refractivity contribution in [2.24, 2.45) is 0 Å². The fraction of sp³-hybridized carbons (Fsp3) is 0.440. The Hall–Kier alpha value is -2.49. The minimum atomic E-state index is -3.63. The third-order valence-electron chi connectivity index (χ3n) is 5.60. The van der Waals surface area contributed by atoms with Gasteiger partial charge in [0.2, 0.25) is 21.8 Å². The molecule has 1 N–H and O–H groups in total. The number of amides is 2. The number of carbonyl (C=O) groups excluding carboxylic acids is 2. The fourth-order valence-electron chi connectivity index (χ4n) is 3.86. The standard InChI is InChI=1S/C25H33Cl2N3O5S/c1-5-21(25(32)28-6-2)29(17-18-13-14-19(26)16-20(18)27)24(31)12-9-15-30(36(4,33)34)22-10-7-8-11-23(22)35-3/h7-8,10-11,13-14,16,21H,5-6,9,12,15,17H2,1-4H3,(H,28,32)/t21-/m1/s1. The topological polar surface area (TPSA) is 96.0 Å². The molecule has 11 heteroatoms. The lowest BCUT2D eigenvalue weighted by Crippen LogP contribution is -2.49. The molecule has 0 aliphatic heterocycles. The molecule has 2 amide bonds. The zero-order valence-corrected chi connectivity index (χ0v) is 23.3. The summed E-state index contributed by atoms with van der Waals surface area (Å²) in [5, 5.41) is 3.64. The van der Waals surface area contributed by atoms with Crippen molar-refractivity contribution in [3.05, 3.63) is 58.1 Å². The van der Waals surface area contributed by atoms with Gasteiger partial charge in [-0.3, -0.25) is 13.9 Å². The quantitative estimate of drug-likeness (QED) is 0.391. The van der Waals surface area contributed by atoms with Crippen molar-refractivity contribution in [2.75, 3.05) is 30.8 Å². The van der Waals surface area contributed by atoms with E-state index in [1.54, 1.807) is 42.5 Å². The summed E-state index contributed by atoms with van der Waals surface area (Å²) in [5.41, 5.74) is 1.05. The van der Waals surface area contributed by atoms with E-state index in [2.05, 4.69) is 5.32 Å². The van der Waals surface area contributed by atoms with E-state index in [9.17, 15) is 18.0 Å².